The molecule has 0 fully saturated rings. The summed E-state index contributed by atoms with van der Waals surface area (Å²) in [7, 11) is 0. The number of carboxylic acid groups (broad SMARTS) is 1. The van der Waals surface area contributed by atoms with Gasteiger partial charge in [0.05, 0.1) is 0 Å². The molecule has 0 amide bonds. The molecule has 0 radical (unpaired) electrons. The average molecular weight is 530 g/mol. The number of phenols is 1. The largest absolute Gasteiger partial charge is 0.550 e. The number of phenolic OH excluding ortho intramolecular Hbond substituents is 1. The highest BCUT2D eigenvalue weighted by molar-refractivity contribution is 5.67. The molecule has 1 N–H and O–H groups in total. The zero-order valence-electron chi connectivity index (χ0n) is 26.4. The summed E-state index contributed by atoms with van der Waals surface area (Å²) in [6.07, 6.45) is 20.3. The van der Waals surface area contributed by atoms with Crippen molar-refractivity contribution in [3.05, 3.63) is 28.8 Å². The van der Waals surface area contributed by atoms with E-state index >= 15 is 0 Å². The van der Waals surface area contributed by atoms with Crippen molar-refractivity contribution in [2.24, 2.45) is 5.92 Å². The van der Waals surface area contributed by atoms with Crippen LogP contribution in [0.4, 0.5) is 0 Å². The van der Waals surface area contributed by atoms with E-state index in [-0.39, 0.29) is 16.7 Å². The molecule has 220 valence electrons. The summed E-state index contributed by atoms with van der Waals surface area (Å²) in [5.41, 5.74) is 2.68. The summed E-state index contributed by atoms with van der Waals surface area (Å²) in [4.78, 5) is 11.6. The van der Waals surface area contributed by atoms with Crippen LogP contribution in [0.1, 0.15) is 181 Å². The van der Waals surface area contributed by atoms with E-state index in [4.69, 9.17) is 0 Å². The molecule has 1 aromatic carbocycles. The minimum atomic E-state index is -0.971. The van der Waals surface area contributed by atoms with Crippen molar-refractivity contribution in [2.75, 3.05) is 0 Å². The van der Waals surface area contributed by atoms with Gasteiger partial charge in [-0.15, -0.1) is 0 Å². The molecule has 0 aliphatic heterocycles. The van der Waals surface area contributed by atoms with Gasteiger partial charge in [-0.3, -0.25) is 0 Å². The van der Waals surface area contributed by atoms with Crippen LogP contribution in [0.2, 0.25) is 0 Å². The lowest BCUT2D eigenvalue weighted by atomic mass is 9.75. The van der Waals surface area contributed by atoms with Gasteiger partial charge in [0.1, 0.15) is 5.75 Å². The van der Waals surface area contributed by atoms with Crippen molar-refractivity contribution in [2.45, 2.75) is 175 Å². The number of unbranched alkanes of at least 4 members (excludes halogenated alkanes) is 13. The molecule has 38 heavy (non-hydrogen) atoms. The first-order valence-corrected chi connectivity index (χ1v) is 15.9. The molecule has 2 atom stereocenters. The van der Waals surface area contributed by atoms with Gasteiger partial charge in [0.25, 0.3) is 0 Å². The van der Waals surface area contributed by atoms with E-state index in [1.54, 1.807) is 6.92 Å². The Morgan fingerprint density at radius 2 is 1.11 bits per heavy atom. The molecular weight excluding hydrogens is 468 g/mol. The third-order valence-corrected chi connectivity index (χ3v) is 8.17. The monoisotopic (exact) mass is 529 g/mol. The second kappa shape index (κ2) is 17.2. The zero-order valence-corrected chi connectivity index (χ0v) is 26.4. The zero-order chi connectivity index (χ0) is 28.8. The van der Waals surface area contributed by atoms with Crippen molar-refractivity contribution >= 4 is 5.97 Å². The predicted octanol–water partition coefficient (Wildman–Crippen LogP) is 9.72. The third-order valence-electron chi connectivity index (χ3n) is 8.17. The number of aliphatic carboxylic acids is 1. The van der Waals surface area contributed by atoms with Crippen LogP contribution in [-0.2, 0) is 15.6 Å². The Balaban J connectivity index is 2.67. The van der Waals surface area contributed by atoms with Gasteiger partial charge in [0.15, 0.2) is 0 Å². The van der Waals surface area contributed by atoms with Gasteiger partial charge >= 0.3 is 0 Å². The number of aromatic hydroxyl groups is 1. The van der Waals surface area contributed by atoms with E-state index in [0.29, 0.717) is 12.2 Å². The number of carbonyl (C=O) groups is 1. The van der Waals surface area contributed by atoms with Gasteiger partial charge in [0.2, 0.25) is 0 Å². The third kappa shape index (κ3) is 13.0. The first kappa shape index (κ1) is 34.5. The highest BCUT2D eigenvalue weighted by atomic mass is 16.4. The number of hydrogen-bond donors (Lipinski definition) is 1. The predicted molar refractivity (Wildman–Crippen MR) is 162 cm³/mol. The summed E-state index contributed by atoms with van der Waals surface area (Å²) in [5.74, 6) is -0.918. The van der Waals surface area contributed by atoms with E-state index in [9.17, 15) is 15.0 Å². The van der Waals surface area contributed by atoms with Crippen molar-refractivity contribution in [1.29, 1.82) is 0 Å². The number of carboxylic acids is 1. The summed E-state index contributed by atoms with van der Waals surface area (Å²) < 4.78 is 0. The molecule has 0 saturated heterocycles. The maximum atomic E-state index is 11.6. The fourth-order valence-corrected chi connectivity index (χ4v) is 5.56. The second-order valence-corrected chi connectivity index (χ2v) is 14.0. The Kier molecular flexibility index (Phi) is 15.7. The van der Waals surface area contributed by atoms with Crippen molar-refractivity contribution in [3.63, 3.8) is 0 Å². The van der Waals surface area contributed by atoms with Crippen LogP contribution in [-0.4, -0.2) is 11.1 Å². The van der Waals surface area contributed by atoms with Gasteiger partial charge in [-0.2, -0.15) is 0 Å². The molecule has 0 bridgehead atoms. The summed E-state index contributed by atoms with van der Waals surface area (Å²) >= 11 is 0. The Bertz CT molecular complexity index is 761. The molecule has 0 spiro atoms. The minimum absolute atomic E-state index is 0.156. The van der Waals surface area contributed by atoms with E-state index in [1.807, 2.05) is 0 Å². The minimum Gasteiger partial charge on any atom is -0.550 e. The fraction of sp³-hybridized carbons (Fsp3) is 0.800. The van der Waals surface area contributed by atoms with Crippen molar-refractivity contribution in [3.8, 4) is 5.75 Å². The first-order valence-electron chi connectivity index (χ1n) is 15.9. The molecule has 1 rings (SSSR count). The summed E-state index contributed by atoms with van der Waals surface area (Å²) in [5, 5.41) is 22.8. The molecular formula is C35H61O3-. The Hall–Kier alpha value is -1.51. The highest BCUT2D eigenvalue weighted by Gasteiger charge is 2.28. The maximum Gasteiger partial charge on any atom is 0.123 e. The van der Waals surface area contributed by atoms with E-state index in [1.165, 1.54) is 89.0 Å². The van der Waals surface area contributed by atoms with Crippen LogP contribution in [0.25, 0.3) is 0 Å². The SMILES string of the molecule is CCCCCCCCCCCCCCCCC(CC(C)C(=O)[O-])c1cc(C(C)(C)C)c(O)c(C(C)(C)C)c1. The summed E-state index contributed by atoms with van der Waals surface area (Å²) in [6, 6.07) is 4.28. The Labute approximate surface area is 236 Å². The van der Waals surface area contributed by atoms with Crippen LogP contribution in [0.3, 0.4) is 0 Å². The van der Waals surface area contributed by atoms with Crippen molar-refractivity contribution in [1.82, 2.24) is 0 Å². The van der Waals surface area contributed by atoms with Crippen LogP contribution >= 0.6 is 0 Å². The van der Waals surface area contributed by atoms with Crippen LogP contribution in [0, 0.1) is 5.92 Å². The maximum absolute atomic E-state index is 11.6. The number of hydrogen-bond acceptors (Lipinski definition) is 3. The lowest BCUT2D eigenvalue weighted by Gasteiger charge is -2.31. The van der Waals surface area contributed by atoms with Gasteiger partial charge < -0.3 is 15.0 Å². The number of rotatable bonds is 19. The van der Waals surface area contributed by atoms with Gasteiger partial charge in [-0.1, -0.05) is 157 Å². The smallest absolute Gasteiger partial charge is 0.123 e. The lowest BCUT2D eigenvalue weighted by Crippen LogP contribution is -2.30. The average Bonchev–Trinajstić information content (AvgIpc) is 2.82. The number of benzene rings is 1. The number of carbonyl (C=O) groups excluding carboxylic acids is 1. The summed E-state index contributed by atoms with van der Waals surface area (Å²) in [6.45, 7) is 16.8. The van der Waals surface area contributed by atoms with Gasteiger partial charge in [-0.25, -0.2) is 0 Å². The molecule has 2 unspecified atom stereocenters. The van der Waals surface area contributed by atoms with Crippen molar-refractivity contribution < 1.29 is 15.0 Å². The first-order chi connectivity index (χ1) is 17.8. The van der Waals surface area contributed by atoms with E-state index in [0.717, 1.165) is 24.0 Å². The van der Waals surface area contributed by atoms with E-state index in [2.05, 4.69) is 60.6 Å². The Morgan fingerprint density at radius 1 is 0.737 bits per heavy atom. The fourth-order valence-electron chi connectivity index (χ4n) is 5.56. The van der Waals surface area contributed by atoms with Crippen LogP contribution in [0.5, 0.6) is 5.75 Å². The Morgan fingerprint density at radius 3 is 1.45 bits per heavy atom. The normalized spacial score (nSPS) is 14.0. The standard InChI is InChI=1S/C35H62O3/c1-9-10-11-12-13-14-15-16-17-18-19-20-21-22-23-28(24-27(2)33(37)38)29-25-30(34(3,4)5)32(36)31(26-29)35(6,7)8/h25-28,36H,9-24H2,1-8H3,(H,37,38)/p-1. The highest BCUT2D eigenvalue weighted by Crippen LogP contribution is 2.42. The molecule has 3 nitrogen and oxygen atoms in total. The topological polar surface area (TPSA) is 60.4 Å². The van der Waals surface area contributed by atoms with Crippen LogP contribution in [0.15, 0.2) is 12.1 Å². The van der Waals surface area contributed by atoms with E-state index < -0.39 is 11.9 Å². The molecule has 0 heterocycles. The molecule has 0 aliphatic carbocycles. The van der Waals surface area contributed by atoms with Gasteiger partial charge in [-0.05, 0) is 52.2 Å². The molecule has 0 aromatic heterocycles. The lowest BCUT2D eigenvalue weighted by molar-refractivity contribution is -0.311. The van der Waals surface area contributed by atoms with Crippen LogP contribution < -0.4 is 5.11 Å². The molecule has 3 heteroatoms. The molecule has 0 aliphatic rings. The molecule has 1 aromatic rings. The van der Waals surface area contributed by atoms with Gasteiger partial charge in [0, 0.05) is 5.97 Å². The second-order valence-electron chi connectivity index (χ2n) is 14.0. The molecule has 0 saturated carbocycles. The quantitative estimate of drug-likeness (QED) is 0.181.